The third-order valence-electron chi connectivity index (χ3n) is 2.27. The number of benzene rings is 1. The molecule has 3 nitrogen and oxygen atoms in total. The molecule has 2 rings (SSSR count). The predicted molar refractivity (Wildman–Crippen MR) is 61.7 cm³/mol. The Hall–Kier alpha value is -2.23. The number of carbonyl (C=O) groups excluding carboxylic acids is 1. The first kappa shape index (κ1) is 11.3. The maximum atomic E-state index is 13.6. The highest BCUT2D eigenvalue weighted by atomic mass is 19.2. The molecule has 1 aromatic heterocycles. The minimum Gasteiger partial charge on any atom is -0.265 e. The summed E-state index contributed by atoms with van der Waals surface area (Å²) in [6.45, 7) is -0.0732. The highest BCUT2D eigenvalue weighted by molar-refractivity contribution is 5.91. The molecule has 0 atom stereocenters. The van der Waals surface area contributed by atoms with Crippen LogP contribution in [0.4, 0.5) is 4.48 Å². The van der Waals surface area contributed by atoms with E-state index >= 15 is 0 Å². The first-order valence-electron chi connectivity index (χ1n) is 5.20. The third kappa shape index (κ3) is 2.87. The van der Waals surface area contributed by atoms with Gasteiger partial charge in [0.2, 0.25) is 0 Å². The van der Waals surface area contributed by atoms with E-state index in [1.54, 1.807) is 36.4 Å². The summed E-state index contributed by atoms with van der Waals surface area (Å²) < 4.78 is 13.6. The van der Waals surface area contributed by atoms with Crippen LogP contribution in [0.3, 0.4) is 0 Å². The van der Waals surface area contributed by atoms with Gasteiger partial charge in [-0.2, -0.15) is 5.12 Å². The molecule has 0 saturated carbocycles. The molecule has 17 heavy (non-hydrogen) atoms. The van der Waals surface area contributed by atoms with E-state index in [0.29, 0.717) is 0 Å². The van der Waals surface area contributed by atoms with Crippen molar-refractivity contribution >= 4 is 5.91 Å². The summed E-state index contributed by atoms with van der Waals surface area (Å²) in [4.78, 5) is 15.4. The molecule has 1 aromatic carbocycles. The molecule has 4 heteroatoms. The van der Waals surface area contributed by atoms with Crippen LogP contribution in [0, 0.1) is 0 Å². The van der Waals surface area contributed by atoms with Crippen LogP contribution in [0.2, 0.25) is 0 Å². The van der Waals surface area contributed by atoms with Crippen LogP contribution in [-0.4, -0.2) is 16.0 Å². The van der Waals surface area contributed by atoms with Gasteiger partial charge in [0.25, 0.3) is 5.91 Å². The van der Waals surface area contributed by atoms with Gasteiger partial charge in [-0.1, -0.05) is 40.9 Å². The summed E-state index contributed by atoms with van der Waals surface area (Å²) in [5, 5.41) is 0.164. The molecule has 86 valence electrons. The number of hydrogen-bond donors (Lipinski definition) is 0. The van der Waals surface area contributed by atoms with Crippen LogP contribution in [-0.2, 0) is 6.54 Å². The number of rotatable bonds is 3. The van der Waals surface area contributed by atoms with Crippen molar-refractivity contribution in [3.05, 3.63) is 66.0 Å². The van der Waals surface area contributed by atoms with E-state index in [0.717, 1.165) is 5.56 Å². The van der Waals surface area contributed by atoms with E-state index in [1.807, 2.05) is 6.07 Å². The average Bonchev–Trinajstić information content (AvgIpc) is 2.40. The molecule has 0 radical (unpaired) electrons. The molecule has 2 aromatic rings. The van der Waals surface area contributed by atoms with Gasteiger partial charge in [0.05, 0.1) is 6.54 Å². The number of hydrogen-bond acceptors (Lipinski definition) is 2. The molecule has 0 unspecified atom stereocenters. The summed E-state index contributed by atoms with van der Waals surface area (Å²) in [6, 6.07) is 13.8. The van der Waals surface area contributed by atoms with Crippen LogP contribution in [0.25, 0.3) is 0 Å². The fraction of sp³-hybridized carbons (Fsp3) is 0.0769. The fourth-order valence-corrected chi connectivity index (χ4v) is 1.43. The van der Waals surface area contributed by atoms with Gasteiger partial charge in [0.1, 0.15) is 5.69 Å². The normalized spacial score (nSPS) is 9.94. The number of aromatic nitrogens is 1. The summed E-state index contributed by atoms with van der Waals surface area (Å²) in [6.07, 6.45) is 1.46. The van der Waals surface area contributed by atoms with Gasteiger partial charge in [-0.3, -0.25) is 9.78 Å². The van der Waals surface area contributed by atoms with E-state index in [9.17, 15) is 9.28 Å². The molecule has 1 heterocycles. The summed E-state index contributed by atoms with van der Waals surface area (Å²) >= 11 is 0. The molecular formula is C13H11FN2O. The number of pyridine rings is 1. The highest BCUT2D eigenvalue weighted by Crippen LogP contribution is 2.08. The number of nitrogens with zero attached hydrogens (tertiary/aromatic N) is 2. The lowest BCUT2D eigenvalue weighted by Crippen LogP contribution is -2.23. The minimum atomic E-state index is -0.727. The molecule has 0 fully saturated rings. The van der Waals surface area contributed by atoms with Crippen molar-refractivity contribution in [2.75, 3.05) is 0 Å². The molecular weight excluding hydrogens is 219 g/mol. The lowest BCUT2D eigenvalue weighted by atomic mass is 10.2. The molecule has 0 saturated heterocycles. The van der Waals surface area contributed by atoms with Crippen LogP contribution in [0.15, 0.2) is 54.7 Å². The van der Waals surface area contributed by atoms with E-state index < -0.39 is 5.91 Å². The summed E-state index contributed by atoms with van der Waals surface area (Å²) in [5.74, 6) is -0.727. The van der Waals surface area contributed by atoms with Crippen LogP contribution >= 0.6 is 0 Å². The van der Waals surface area contributed by atoms with E-state index in [-0.39, 0.29) is 17.4 Å². The Kier molecular flexibility index (Phi) is 3.45. The second kappa shape index (κ2) is 5.21. The van der Waals surface area contributed by atoms with Crippen LogP contribution in [0.1, 0.15) is 16.1 Å². The summed E-state index contributed by atoms with van der Waals surface area (Å²) in [5.41, 5.74) is 0.838. The second-order valence-electron chi connectivity index (χ2n) is 3.53. The average molecular weight is 230 g/mol. The number of amides is 1. The minimum absolute atomic E-state index is 0.0732. The monoisotopic (exact) mass is 230 g/mol. The van der Waals surface area contributed by atoms with Gasteiger partial charge in [-0.05, 0) is 17.7 Å². The van der Waals surface area contributed by atoms with E-state index in [1.165, 1.54) is 12.3 Å². The fourth-order valence-electron chi connectivity index (χ4n) is 1.43. The second-order valence-corrected chi connectivity index (χ2v) is 3.53. The maximum Gasteiger partial charge on any atom is 0.300 e. The van der Waals surface area contributed by atoms with Crippen LogP contribution < -0.4 is 0 Å². The predicted octanol–water partition coefficient (Wildman–Crippen LogP) is 2.61. The zero-order chi connectivity index (χ0) is 12.1. The standard InChI is InChI=1S/C13H11FN2O/c14-16(10-11-6-2-1-3-7-11)13(17)12-8-4-5-9-15-12/h1-9H,10H2. The number of carbonyl (C=O) groups is 1. The largest absolute Gasteiger partial charge is 0.300 e. The zero-order valence-electron chi connectivity index (χ0n) is 9.08. The van der Waals surface area contributed by atoms with Crippen molar-refractivity contribution < 1.29 is 9.28 Å². The Balaban J connectivity index is 2.06. The lowest BCUT2D eigenvalue weighted by Gasteiger charge is -2.11. The Labute approximate surface area is 98.5 Å². The van der Waals surface area contributed by atoms with Crippen molar-refractivity contribution in [1.82, 2.24) is 10.1 Å². The Morgan fingerprint density at radius 2 is 1.82 bits per heavy atom. The smallest absolute Gasteiger partial charge is 0.265 e. The maximum absolute atomic E-state index is 13.6. The van der Waals surface area contributed by atoms with Crippen molar-refractivity contribution in [3.63, 3.8) is 0 Å². The van der Waals surface area contributed by atoms with Gasteiger partial charge < -0.3 is 0 Å². The Morgan fingerprint density at radius 3 is 2.47 bits per heavy atom. The molecule has 0 aliphatic rings. The number of halogens is 1. The van der Waals surface area contributed by atoms with Crippen molar-refractivity contribution in [3.8, 4) is 0 Å². The zero-order valence-corrected chi connectivity index (χ0v) is 9.08. The van der Waals surface area contributed by atoms with E-state index in [4.69, 9.17) is 0 Å². The van der Waals surface area contributed by atoms with E-state index in [2.05, 4.69) is 4.98 Å². The quantitative estimate of drug-likeness (QED) is 0.759. The van der Waals surface area contributed by atoms with Crippen molar-refractivity contribution in [2.24, 2.45) is 0 Å². The van der Waals surface area contributed by atoms with Gasteiger partial charge in [-0.15, -0.1) is 0 Å². The first-order valence-corrected chi connectivity index (χ1v) is 5.20. The van der Waals surface area contributed by atoms with Crippen LogP contribution in [0.5, 0.6) is 0 Å². The molecule has 0 aliphatic heterocycles. The molecule has 0 bridgehead atoms. The van der Waals surface area contributed by atoms with Crippen molar-refractivity contribution in [2.45, 2.75) is 6.54 Å². The molecule has 1 amide bonds. The third-order valence-corrected chi connectivity index (χ3v) is 2.27. The van der Waals surface area contributed by atoms with Gasteiger partial charge in [0.15, 0.2) is 0 Å². The topological polar surface area (TPSA) is 33.2 Å². The molecule has 0 spiro atoms. The van der Waals surface area contributed by atoms with Crippen molar-refractivity contribution in [1.29, 1.82) is 0 Å². The highest BCUT2D eigenvalue weighted by Gasteiger charge is 2.16. The first-order chi connectivity index (χ1) is 8.27. The summed E-state index contributed by atoms with van der Waals surface area (Å²) in [7, 11) is 0. The Morgan fingerprint density at radius 1 is 1.12 bits per heavy atom. The lowest BCUT2D eigenvalue weighted by molar-refractivity contribution is 0.0142. The SMILES string of the molecule is O=C(c1ccccn1)N(F)Cc1ccccc1. The van der Waals surface area contributed by atoms with Gasteiger partial charge in [0, 0.05) is 6.20 Å². The Bertz CT molecular complexity index is 487. The molecule has 0 N–H and O–H groups in total. The van der Waals surface area contributed by atoms with Gasteiger partial charge >= 0.3 is 0 Å². The molecule has 0 aliphatic carbocycles. The van der Waals surface area contributed by atoms with Gasteiger partial charge in [-0.25, -0.2) is 0 Å².